The van der Waals surface area contributed by atoms with Crippen molar-refractivity contribution < 1.29 is 14.0 Å². The number of nitrogens with zero attached hydrogens (tertiary/aromatic N) is 1. The Morgan fingerprint density at radius 2 is 2.08 bits per heavy atom. The second-order valence-electron chi connectivity index (χ2n) is 5.92. The van der Waals surface area contributed by atoms with Crippen LogP contribution in [0, 0.1) is 5.82 Å². The molecule has 0 aliphatic carbocycles. The van der Waals surface area contributed by atoms with Gasteiger partial charge in [-0.1, -0.05) is 6.07 Å². The zero-order valence-electron chi connectivity index (χ0n) is 13.3. The lowest BCUT2D eigenvalue weighted by atomic mass is 9.89. The Bertz CT molecular complexity index is 608. The Labute approximate surface area is 146 Å². The molecule has 2 heterocycles. The average molecular weight is 357 g/mol. The number of carbonyl (C=O) groups excluding carboxylic acids is 2. The zero-order chi connectivity index (χ0) is 16.2. The van der Waals surface area contributed by atoms with E-state index in [0.29, 0.717) is 17.8 Å². The maximum absolute atomic E-state index is 13.3. The molecule has 1 unspecified atom stereocenters. The standard InChI is InChI=1S/C16H21FN4O2.ClH/c17-11-1-2-12-13(10-15(22)20-14(12)9-11)16(23)19-5-8-21-6-3-18-4-7-21;/h1-2,9,13,18H,3-8,10H2,(H,19,23)(H,20,22);1H. The van der Waals surface area contributed by atoms with E-state index < -0.39 is 11.7 Å². The molecule has 2 amide bonds. The first-order valence-corrected chi connectivity index (χ1v) is 7.93. The van der Waals surface area contributed by atoms with Gasteiger partial charge in [0, 0.05) is 51.4 Å². The topological polar surface area (TPSA) is 73.5 Å². The number of hydrogen-bond acceptors (Lipinski definition) is 4. The lowest BCUT2D eigenvalue weighted by molar-refractivity contribution is -0.126. The Balaban J connectivity index is 0.00000208. The van der Waals surface area contributed by atoms with Gasteiger partial charge in [-0.25, -0.2) is 4.39 Å². The molecule has 3 rings (SSSR count). The minimum Gasteiger partial charge on any atom is -0.354 e. The number of nitrogens with one attached hydrogen (secondary N) is 3. The Morgan fingerprint density at radius 3 is 2.83 bits per heavy atom. The summed E-state index contributed by atoms with van der Waals surface area (Å²) < 4.78 is 13.3. The van der Waals surface area contributed by atoms with Crippen LogP contribution >= 0.6 is 12.4 Å². The molecule has 8 heteroatoms. The first-order valence-electron chi connectivity index (χ1n) is 7.93. The summed E-state index contributed by atoms with van der Waals surface area (Å²) in [6.45, 7) is 5.23. The van der Waals surface area contributed by atoms with E-state index in [4.69, 9.17) is 0 Å². The zero-order valence-corrected chi connectivity index (χ0v) is 14.1. The van der Waals surface area contributed by atoms with E-state index in [-0.39, 0.29) is 30.6 Å². The number of anilines is 1. The van der Waals surface area contributed by atoms with Gasteiger partial charge >= 0.3 is 0 Å². The predicted molar refractivity (Wildman–Crippen MR) is 92.0 cm³/mol. The predicted octanol–water partition coefficient (Wildman–Crippen LogP) is 0.695. The van der Waals surface area contributed by atoms with Crippen LogP contribution in [0.25, 0.3) is 0 Å². The quantitative estimate of drug-likeness (QED) is 0.742. The van der Waals surface area contributed by atoms with Gasteiger partial charge in [0.05, 0.1) is 5.92 Å². The first kappa shape index (κ1) is 18.6. The van der Waals surface area contributed by atoms with Gasteiger partial charge in [-0.2, -0.15) is 0 Å². The minimum atomic E-state index is -0.553. The van der Waals surface area contributed by atoms with Crippen LogP contribution < -0.4 is 16.0 Å². The molecule has 132 valence electrons. The van der Waals surface area contributed by atoms with Gasteiger partial charge in [0.1, 0.15) is 5.82 Å². The molecule has 3 N–H and O–H groups in total. The van der Waals surface area contributed by atoms with Gasteiger partial charge in [0.15, 0.2) is 0 Å². The molecular weight excluding hydrogens is 335 g/mol. The molecule has 1 aromatic carbocycles. The summed E-state index contributed by atoms with van der Waals surface area (Å²) >= 11 is 0. The smallest absolute Gasteiger partial charge is 0.228 e. The largest absolute Gasteiger partial charge is 0.354 e. The average Bonchev–Trinajstić information content (AvgIpc) is 2.54. The van der Waals surface area contributed by atoms with Gasteiger partial charge < -0.3 is 16.0 Å². The third kappa shape index (κ3) is 4.43. The first-order chi connectivity index (χ1) is 11.1. The second kappa shape index (κ2) is 8.41. The fraction of sp³-hybridized carbons (Fsp3) is 0.500. The second-order valence-corrected chi connectivity index (χ2v) is 5.92. The van der Waals surface area contributed by atoms with Gasteiger partial charge in [0.2, 0.25) is 11.8 Å². The van der Waals surface area contributed by atoms with Crippen LogP contribution in [0.4, 0.5) is 10.1 Å². The molecule has 0 saturated carbocycles. The molecule has 1 atom stereocenters. The molecular formula is C16H22ClFN4O2. The van der Waals surface area contributed by atoms with Crippen LogP contribution in [0.1, 0.15) is 17.9 Å². The van der Waals surface area contributed by atoms with Crippen molar-refractivity contribution in [2.45, 2.75) is 12.3 Å². The molecule has 0 spiro atoms. The lowest BCUT2D eigenvalue weighted by Crippen LogP contribution is -2.46. The fourth-order valence-corrected chi connectivity index (χ4v) is 3.07. The maximum atomic E-state index is 13.3. The number of halogens is 2. The molecule has 2 aliphatic heterocycles. The Morgan fingerprint density at radius 1 is 1.33 bits per heavy atom. The van der Waals surface area contributed by atoms with Crippen molar-refractivity contribution in [2.75, 3.05) is 44.6 Å². The molecule has 0 bridgehead atoms. The lowest BCUT2D eigenvalue weighted by Gasteiger charge is -2.28. The Hall–Kier alpha value is -1.70. The number of hydrogen-bond donors (Lipinski definition) is 3. The normalized spacial score (nSPS) is 20.5. The highest BCUT2D eigenvalue weighted by Crippen LogP contribution is 2.32. The number of fused-ring (bicyclic) bond motifs is 1. The highest BCUT2D eigenvalue weighted by molar-refractivity contribution is 6.01. The molecule has 0 radical (unpaired) electrons. The molecule has 24 heavy (non-hydrogen) atoms. The van der Waals surface area contributed by atoms with Crippen LogP contribution in [0.3, 0.4) is 0 Å². The van der Waals surface area contributed by atoms with Crippen molar-refractivity contribution in [3.63, 3.8) is 0 Å². The molecule has 0 aromatic heterocycles. The van der Waals surface area contributed by atoms with Crippen molar-refractivity contribution >= 4 is 29.9 Å². The van der Waals surface area contributed by atoms with Gasteiger partial charge in [-0.3, -0.25) is 14.5 Å². The van der Waals surface area contributed by atoms with E-state index >= 15 is 0 Å². The number of benzene rings is 1. The Kier molecular flexibility index (Phi) is 6.53. The van der Waals surface area contributed by atoms with Crippen LogP contribution in [-0.2, 0) is 9.59 Å². The van der Waals surface area contributed by atoms with E-state index in [1.54, 1.807) is 6.07 Å². The van der Waals surface area contributed by atoms with Crippen molar-refractivity contribution in [3.05, 3.63) is 29.6 Å². The van der Waals surface area contributed by atoms with Crippen LogP contribution in [-0.4, -0.2) is 56.0 Å². The summed E-state index contributed by atoms with van der Waals surface area (Å²) in [4.78, 5) is 26.4. The van der Waals surface area contributed by atoms with Crippen molar-refractivity contribution in [2.24, 2.45) is 0 Å². The third-order valence-electron chi connectivity index (χ3n) is 4.31. The highest BCUT2D eigenvalue weighted by atomic mass is 35.5. The van der Waals surface area contributed by atoms with Crippen LogP contribution in [0.5, 0.6) is 0 Å². The fourth-order valence-electron chi connectivity index (χ4n) is 3.07. The molecule has 1 aromatic rings. The number of amides is 2. The van der Waals surface area contributed by atoms with E-state index in [1.165, 1.54) is 12.1 Å². The van der Waals surface area contributed by atoms with E-state index in [1.807, 2.05) is 0 Å². The van der Waals surface area contributed by atoms with Gasteiger partial charge in [-0.15, -0.1) is 12.4 Å². The number of piperazine rings is 1. The van der Waals surface area contributed by atoms with Gasteiger partial charge in [0.25, 0.3) is 0 Å². The number of rotatable bonds is 4. The van der Waals surface area contributed by atoms with Crippen LogP contribution in [0.15, 0.2) is 18.2 Å². The van der Waals surface area contributed by atoms with Crippen LogP contribution in [0.2, 0.25) is 0 Å². The van der Waals surface area contributed by atoms with E-state index in [9.17, 15) is 14.0 Å². The summed E-state index contributed by atoms with van der Waals surface area (Å²) in [6, 6.07) is 4.15. The SMILES string of the molecule is Cl.O=C1CC(C(=O)NCCN2CCNCC2)c2ccc(F)cc2N1. The van der Waals surface area contributed by atoms with E-state index in [2.05, 4.69) is 20.9 Å². The van der Waals surface area contributed by atoms with E-state index in [0.717, 1.165) is 32.7 Å². The number of carbonyl (C=O) groups is 2. The summed E-state index contributed by atoms with van der Waals surface area (Å²) in [5.41, 5.74) is 1.06. The molecule has 6 nitrogen and oxygen atoms in total. The molecule has 1 fully saturated rings. The maximum Gasteiger partial charge on any atom is 0.228 e. The monoisotopic (exact) mass is 356 g/mol. The van der Waals surface area contributed by atoms with Gasteiger partial charge in [-0.05, 0) is 17.7 Å². The third-order valence-corrected chi connectivity index (χ3v) is 4.31. The highest BCUT2D eigenvalue weighted by Gasteiger charge is 2.30. The summed E-state index contributed by atoms with van der Waals surface area (Å²) in [6.07, 6.45) is 0.0953. The summed E-state index contributed by atoms with van der Waals surface area (Å²) in [5.74, 6) is -1.42. The minimum absolute atomic E-state index is 0. The summed E-state index contributed by atoms with van der Waals surface area (Å²) in [7, 11) is 0. The summed E-state index contributed by atoms with van der Waals surface area (Å²) in [5, 5.41) is 8.80. The van der Waals surface area contributed by atoms with Crippen molar-refractivity contribution in [3.8, 4) is 0 Å². The van der Waals surface area contributed by atoms with Crippen molar-refractivity contribution in [1.82, 2.24) is 15.5 Å². The molecule has 2 aliphatic rings. The van der Waals surface area contributed by atoms with Crippen molar-refractivity contribution in [1.29, 1.82) is 0 Å². The molecule has 1 saturated heterocycles.